The van der Waals surface area contributed by atoms with Gasteiger partial charge in [0.2, 0.25) is 5.91 Å². The fraction of sp³-hybridized carbons (Fsp3) is 0.182. The number of amides is 1. The molecule has 0 aliphatic carbocycles. The van der Waals surface area contributed by atoms with Gasteiger partial charge in [-0.25, -0.2) is 0 Å². The summed E-state index contributed by atoms with van der Waals surface area (Å²) in [5.41, 5.74) is 1.37. The van der Waals surface area contributed by atoms with Gasteiger partial charge in [-0.05, 0) is 12.1 Å². The van der Waals surface area contributed by atoms with Crippen molar-refractivity contribution in [3.63, 3.8) is 0 Å². The van der Waals surface area contributed by atoms with Gasteiger partial charge in [-0.1, -0.05) is 24.0 Å². The van der Waals surface area contributed by atoms with Crippen molar-refractivity contribution < 1.29 is 9.90 Å². The molecule has 0 fully saturated rings. The van der Waals surface area contributed by atoms with Gasteiger partial charge in [0.1, 0.15) is 6.61 Å². The highest BCUT2D eigenvalue weighted by Gasteiger charge is 1.99. The van der Waals surface area contributed by atoms with Crippen LogP contribution in [0.3, 0.4) is 0 Å². The Morgan fingerprint density at radius 3 is 2.86 bits per heavy atom. The Morgan fingerprint density at radius 2 is 2.21 bits per heavy atom. The molecular weight excluding hydrogens is 178 g/mol. The number of carbonyl (C=O) groups excluding carboxylic acids is 1. The van der Waals surface area contributed by atoms with Gasteiger partial charge in [0.25, 0.3) is 0 Å². The lowest BCUT2D eigenvalue weighted by molar-refractivity contribution is -0.114. The third-order valence-electron chi connectivity index (χ3n) is 1.54. The van der Waals surface area contributed by atoms with E-state index in [2.05, 4.69) is 17.2 Å². The molecule has 0 spiro atoms. The minimum Gasteiger partial charge on any atom is -0.384 e. The molecule has 0 saturated heterocycles. The number of aliphatic hydroxyl groups is 1. The summed E-state index contributed by atoms with van der Waals surface area (Å²) in [6, 6.07) is 7.19. The summed E-state index contributed by atoms with van der Waals surface area (Å²) >= 11 is 0. The van der Waals surface area contributed by atoms with Gasteiger partial charge in [0.15, 0.2) is 0 Å². The third kappa shape index (κ3) is 2.92. The average Bonchev–Trinajstić information content (AvgIpc) is 2.16. The highest BCUT2D eigenvalue weighted by molar-refractivity contribution is 5.90. The van der Waals surface area contributed by atoms with E-state index in [9.17, 15) is 4.79 Å². The first-order valence-corrected chi connectivity index (χ1v) is 4.20. The molecule has 3 heteroatoms. The molecule has 0 unspecified atom stereocenters. The van der Waals surface area contributed by atoms with Crippen LogP contribution >= 0.6 is 0 Å². The summed E-state index contributed by atoms with van der Waals surface area (Å²) in [5, 5.41) is 11.2. The Labute approximate surface area is 82.8 Å². The van der Waals surface area contributed by atoms with Gasteiger partial charge in [-0.2, -0.15) is 0 Å². The summed E-state index contributed by atoms with van der Waals surface area (Å²) in [5.74, 6) is 5.15. The standard InChI is InChI=1S/C11H11NO2/c1-9(14)12-11-7-3-2-5-10(11)6-4-8-13/h2-3,5,7,13H,8H2,1H3,(H,12,14). The molecule has 3 nitrogen and oxygen atoms in total. The molecule has 0 atom stereocenters. The lowest BCUT2D eigenvalue weighted by Crippen LogP contribution is -2.06. The van der Waals surface area contributed by atoms with Gasteiger partial charge in [-0.15, -0.1) is 0 Å². The molecule has 1 aromatic carbocycles. The van der Waals surface area contributed by atoms with Gasteiger partial charge in [-0.3, -0.25) is 4.79 Å². The first-order valence-electron chi connectivity index (χ1n) is 4.20. The first-order chi connectivity index (χ1) is 6.74. The molecule has 0 saturated carbocycles. The Balaban J connectivity index is 2.96. The Hall–Kier alpha value is -1.79. The van der Waals surface area contributed by atoms with Crippen molar-refractivity contribution in [1.29, 1.82) is 0 Å². The van der Waals surface area contributed by atoms with Gasteiger partial charge >= 0.3 is 0 Å². The molecule has 2 N–H and O–H groups in total. The van der Waals surface area contributed by atoms with E-state index in [-0.39, 0.29) is 12.5 Å². The second kappa shape index (κ2) is 5.05. The smallest absolute Gasteiger partial charge is 0.221 e. The Kier molecular flexibility index (Phi) is 3.71. The van der Waals surface area contributed by atoms with Crippen molar-refractivity contribution in [2.75, 3.05) is 11.9 Å². The predicted molar refractivity (Wildman–Crippen MR) is 54.7 cm³/mol. The second-order valence-electron chi connectivity index (χ2n) is 2.69. The number of rotatable bonds is 1. The molecule has 0 aliphatic rings. The van der Waals surface area contributed by atoms with Gasteiger partial charge in [0.05, 0.1) is 5.69 Å². The van der Waals surface area contributed by atoms with Crippen molar-refractivity contribution in [2.45, 2.75) is 6.92 Å². The van der Waals surface area contributed by atoms with Crippen molar-refractivity contribution in [3.8, 4) is 11.8 Å². The molecule has 0 heterocycles. The molecule has 72 valence electrons. The zero-order valence-electron chi connectivity index (χ0n) is 7.87. The third-order valence-corrected chi connectivity index (χ3v) is 1.54. The predicted octanol–water partition coefficient (Wildman–Crippen LogP) is 0.989. The van der Waals surface area contributed by atoms with Crippen LogP contribution in [0.1, 0.15) is 12.5 Å². The van der Waals surface area contributed by atoms with Gasteiger partial charge < -0.3 is 10.4 Å². The molecule has 0 aromatic heterocycles. The average molecular weight is 189 g/mol. The lowest BCUT2D eigenvalue weighted by atomic mass is 10.2. The van der Waals surface area contributed by atoms with Crippen LogP contribution < -0.4 is 5.32 Å². The number of para-hydroxylation sites is 1. The van der Waals surface area contributed by atoms with Crippen LogP contribution in [0, 0.1) is 11.8 Å². The summed E-state index contributed by atoms with van der Waals surface area (Å²) in [6.45, 7) is 1.25. The van der Waals surface area contributed by atoms with E-state index in [1.54, 1.807) is 12.1 Å². The maximum Gasteiger partial charge on any atom is 0.221 e. The molecule has 0 radical (unpaired) electrons. The van der Waals surface area contributed by atoms with Crippen LogP contribution in [-0.4, -0.2) is 17.6 Å². The Bertz CT molecular complexity index is 388. The largest absolute Gasteiger partial charge is 0.384 e. The van der Waals surface area contributed by atoms with Gasteiger partial charge in [0, 0.05) is 12.5 Å². The van der Waals surface area contributed by atoms with Crippen LogP contribution in [0.5, 0.6) is 0 Å². The number of nitrogens with one attached hydrogen (secondary N) is 1. The number of carbonyl (C=O) groups is 1. The number of benzene rings is 1. The van der Waals surface area contributed by atoms with Crippen molar-refractivity contribution >= 4 is 11.6 Å². The number of hydrogen-bond donors (Lipinski definition) is 2. The Morgan fingerprint density at radius 1 is 1.50 bits per heavy atom. The summed E-state index contributed by atoms with van der Waals surface area (Å²) in [4.78, 5) is 10.8. The minimum atomic E-state index is -0.186. The lowest BCUT2D eigenvalue weighted by Gasteiger charge is -2.03. The fourth-order valence-electron chi connectivity index (χ4n) is 1.03. The van der Waals surface area contributed by atoms with Crippen molar-refractivity contribution in [3.05, 3.63) is 29.8 Å². The highest BCUT2D eigenvalue weighted by Crippen LogP contribution is 2.12. The summed E-state index contributed by atoms with van der Waals surface area (Å²) in [6.07, 6.45) is 0. The summed E-state index contributed by atoms with van der Waals surface area (Å²) in [7, 11) is 0. The fourth-order valence-corrected chi connectivity index (χ4v) is 1.03. The van der Waals surface area contributed by atoms with E-state index in [0.29, 0.717) is 11.3 Å². The van der Waals surface area contributed by atoms with Crippen LogP contribution in [-0.2, 0) is 4.79 Å². The monoisotopic (exact) mass is 189 g/mol. The maximum absolute atomic E-state index is 10.8. The van der Waals surface area contributed by atoms with Crippen LogP contribution in [0.4, 0.5) is 5.69 Å². The first kappa shape index (κ1) is 10.3. The van der Waals surface area contributed by atoms with E-state index in [0.717, 1.165) is 0 Å². The molecule has 0 bridgehead atoms. The number of anilines is 1. The van der Waals surface area contributed by atoms with Crippen LogP contribution in [0.15, 0.2) is 24.3 Å². The number of aliphatic hydroxyl groups excluding tert-OH is 1. The molecule has 1 amide bonds. The van der Waals surface area contributed by atoms with E-state index < -0.39 is 0 Å². The zero-order chi connectivity index (χ0) is 10.4. The van der Waals surface area contributed by atoms with E-state index >= 15 is 0 Å². The molecule has 1 rings (SSSR count). The van der Waals surface area contributed by atoms with Crippen molar-refractivity contribution in [1.82, 2.24) is 0 Å². The normalized spacial score (nSPS) is 8.71. The molecule has 0 aliphatic heterocycles. The molecule has 1 aromatic rings. The second-order valence-corrected chi connectivity index (χ2v) is 2.69. The van der Waals surface area contributed by atoms with E-state index in [4.69, 9.17) is 5.11 Å². The van der Waals surface area contributed by atoms with Crippen LogP contribution in [0.2, 0.25) is 0 Å². The minimum absolute atomic E-state index is 0.136. The quantitative estimate of drug-likeness (QED) is 0.647. The van der Waals surface area contributed by atoms with E-state index in [1.807, 2.05) is 12.1 Å². The van der Waals surface area contributed by atoms with Crippen molar-refractivity contribution in [2.24, 2.45) is 0 Å². The molecule has 14 heavy (non-hydrogen) atoms. The zero-order valence-corrected chi connectivity index (χ0v) is 7.87. The van der Waals surface area contributed by atoms with Crippen LogP contribution in [0.25, 0.3) is 0 Å². The SMILES string of the molecule is CC(=O)Nc1ccccc1C#CCO. The maximum atomic E-state index is 10.8. The summed E-state index contributed by atoms with van der Waals surface area (Å²) < 4.78 is 0. The van der Waals surface area contributed by atoms with E-state index in [1.165, 1.54) is 6.92 Å². The molecular formula is C11H11NO2. The number of hydrogen-bond acceptors (Lipinski definition) is 2. The highest BCUT2D eigenvalue weighted by atomic mass is 16.2. The topological polar surface area (TPSA) is 49.3 Å².